The maximum Gasteiger partial charge on any atom is 0.434 e. The largest absolute Gasteiger partial charge is 0.442 e. The Bertz CT molecular complexity index is 444. The number of alkyl halides is 6. The monoisotopic (exact) mass is 348 g/mol. The van der Waals surface area contributed by atoms with E-state index in [4.69, 9.17) is 0 Å². The quantitative estimate of drug-likeness (QED) is 0.513. The Morgan fingerprint density at radius 3 is 1.65 bits per heavy atom. The lowest BCUT2D eigenvalue weighted by atomic mass is 9.47. The topological polar surface area (TPSA) is 26.3 Å². The smallest absolute Gasteiger partial charge is 0.434 e. The Morgan fingerprint density at radius 2 is 1.43 bits per heavy atom. The predicted molar refractivity (Wildman–Crippen MR) is 71.5 cm³/mol. The van der Waals surface area contributed by atoms with Crippen molar-refractivity contribution in [2.45, 2.75) is 72.3 Å². The van der Waals surface area contributed by atoms with Crippen LogP contribution in [-0.4, -0.2) is 24.4 Å². The third-order valence-corrected chi connectivity index (χ3v) is 4.51. The fourth-order valence-electron chi connectivity index (χ4n) is 3.15. The van der Waals surface area contributed by atoms with Crippen LogP contribution in [0, 0.1) is 16.2 Å². The second kappa shape index (κ2) is 5.55. The van der Waals surface area contributed by atoms with Gasteiger partial charge in [-0.25, -0.2) is 0 Å². The highest BCUT2D eigenvalue weighted by molar-refractivity contribution is 5.79. The standard InChI is InChI=1S/C15H22F6O2/c1-11(2,3)8-13(7-6-12(13,4)5)10(22)23-9(14(16,17)18)15(19,20)21/h9H,6-8H2,1-5H3. The molecule has 0 N–H and O–H groups in total. The van der Waals surface area contributed by atoms with Gasteiger partial charge in [0.05, 0.1) is 5.41 Å². The second-order valence-electron chi connectivity index (χ2n) is 8.07. The summed E-state index contributed by atoms with van der Waals surface area (Å²) in [7, 11) is 0. The molecule has 136 valence electrons. The molecule has 0 aromatic heterocycles. The van der Waals surface area contributed by atoms with Crippen molar-refractivity contribution in [1.82, 2.24) is 0 Å². The maximum absolute atomic E-state index is 12.6. The molecular formula is C15H22F6O2. The van der Waals surface area contributed by atoms with Crippen LogP contribution >= 0.6 is 0 Å². The molecule has 2 nitrogen and oxygen atoms in total. The van der Waals surface area contributed by atoms with E-state index in [9.17, 15) is 31.1 Å². The van der Waals surface area contributed by atoms with Crippen LogP contribution in [0.2, 0.25) is 0 Å². The Balaban J connectivity index is 3.13. The molecule has 0 radical (unpaired) electrons. The molecule has 1 atom stereocenters. The van der Waals surface area contributed by atoms with Gasteiger partial charge >= 0.3 is 18.3 Å². The molecule has 0 amide bonds. The van der Waals surface area contributed by atoms with Gasteiger partial charge in [-0.15, -0.1) is 0 Å². The van der Waals surface area contributed by atoms with E-state index in [1.54, 1.807) is 34.6 Å². The summed E-state index contributed by atoms with van der Waals surface area (Å²) >= 11 is 0. The van der Waals surface area contributed by atoms with Crippen LogP contribution in [0.5, 0.6) is 0 Å². The lowest BCUT2D eigenvalue weighted by Gasteiger charge is -2.56. The summed E-state index contributed by atoms with van der Waals surface area (Å²) in [5.41, 5.74) is -2.48. The van der Waals surface area contributed by atoms with Crippen LogP contribution in [0.25, 0.3) is 0 Å². The van der Waals surface area contributed by atoms with Crippen LogP contribution in [0.15, 0.2) is 0 Å². The third-order valence-electron chi connectivity index (χ3n) is 4.51. The van der Waals surface area contributed by atoms with Crippen molar-refractivity contribution in [2.24, 2.45) is 16.2 Å². The van der Waals surface area contributed by atoms with E-state index in [0.717, 1.165) is 0 Å². The number of halogens is 6. The zero-order valence-corrected chi connectivity index (χ0v) is 13.8. The van der Waals surface area contributed by atoms with Crippen molar-refractivity contribution in [1.29, 1.82) is 0 Å². The molecule has 1 aliphatic rings. The first-order valence-electron chi connectivity index (χ1n) is 7.27. The van der Waals surface area contributed by atoms with Crippen LogP contribution in [0.1, 0.15) is 53.9 Å². The van der Waals surface area contributed by atoms with Crippen molar-refractivity contribution in [3.05, 3.63) is 0 Å². The number of carbonyl (C=O) groups excluding carboxylic acids is 1. The minimum atomic E-state index is -5.69. The van der Waals surface area contributed by atoms with Gasteiger partial charge in [-0.1, -0.05) is 34.6 Å². The summed E-state index contributed by atoms with van der Waals surface area (Å²) in [6.45, 7) is 8.67. The van der Waals surface area contributed by atoms with Crippen molar-refractivity contribution in [3.8, 4) is 0 Å². The van der Waals surface area contributed by atoms with Gasteiger partial charge in [0, 0.05) is 0 Å². The molecule has 1 aliphatic carbocycles. The fourth-order valence-corrected chi connectivity index (χ4v) is 3.15. The Hall–Kier alpha value is -0.950. The molecule has 1 unspecified atom stereocenters. The average Bonchev–Trinajstić information content (AvgIpc) is 2.27. The molecule has 1 rings (SSSR count). The number of esters is 1. The Labute approximate surface area is 131 Å². The molecule has 0 saturated heterocycles. The second-order valence-corrected chi connectivity index (χ2v) is 8.07. The van der Waals surface area contributed by atoms with E-state index in [-0.39, 0.29) is 12.8 Å². The van der Waals surface area contributed by atoms with Crippen LogP contribution in [-0.2, 0) is 9.53 Å². The number of carbonyl (C=O) groups is 1. The molecular weight excluding hydrogens is 326 g/mol. The first-order chi connectivity index (χ1) is 9.92. The van der Waals surface area contributed by atoms with Crippen LogP contribution in [0.3, 0.4) is 0 Å². The number of hydrogen-bond donors (Lipinski definition) is 0. The Kier molecular flexibility index (Phi) is 4.85. The highest BCUT2D eigenvalue weighted by Gasteiger charge is 2.65. The van der Waals surface area contributed by atoms with Gasteiger partial charge in [-0.2, -0.15) is 26.3 Å². The molecule has 0 heterocycles. The average molecular weight is 348 g/mol. The van der Waals surface area contributed by atoms with Crippen LogP contribution in [0.4, 0.5) is 26.3 Å². The SMILES string of the molecule is CC(C)(C)CC1(C(=O)OC(C(F)(F)F)C(F)(F)F)CCC1(C)C. The lowest BCUT2D eigenvalue weighted by Crippen LogP contribution is -2.58. The van der Waals surface area contributed by atoms with Gasteiger partial charge in [0.2, 0.25) is 0 Å². The van der Waals surface area contributed by atoms with Crippen LogP contribution < -0.4 is 0 Å². The van der Waals surface area contributed by atoms with E-state index in [1.807, 2.05) is 0 Å². The Morgan fingerprint density at radius 1 is 1.00 bits per heavy atom. The molecule has 23 heavy (non-hydrogen) atoms. The highest BCUT2D eigenvalue weighted by atomic mass is 19.4. The molecule has 0 aromatic carbocycles. The number of hydrogen-bond acceptors (Lipinski definition) is 2. The molecule has 0 bridgehead atoms. The highest BCUT2D eigenvalue weighted by Crippen LogP contribution is 2.62. The molecule has 0 spiro atoms. The van der Waals surface area contributed by atoms with Crippen molar-refractivity contribution in [3.63, 3.8) is 0 Å². The molecule has 0 aromatic rings. The summed E-state index contributed by atoms with van der Waals surface area (Å²) < 4.78 is 79.7. The predicted octanol–water partition coefficient (Wildman–Crippen LogP) is 5.27. The first kappa shape index (κ1) is 20.1. The zero-order valence-electron chi connectivity index (χ0n) is 13.8. The van der Waals surface area contributed by atoms with Gasteiger partial charge in [-0.3, -0.25) is 4.79 Å². The van der Waals surface area contributed by atoms with Gasteiger partial charge < -0.3 is 4.74 Å². The minimum absolute atomic E-state index is 0.161. The third kappa shape index (κ3) is 4.12. The number of ether oxygens (including phenoxy) is 1. The van der Waals surface area contributed by atoms with E-state index in [0.29, 0.717) is 6.42 Å². The van der Waals surface area contributed by atoms with Crippen molar-refractivity contribution in [2.75, 3.05) is 0 Å². The molecule has 8 heteroatoms. The van der Waals surface area contributed by atoms with Crippen molar-refractivity contribution < 1.29 is 35.9 Å². The van der Waals surface area contributed by atoms with E-state index in [1.165, 1.54) is 0 Å². The van der Waals surface area contributed by atoms with E-state index in [2.05, 4.69) is 4.74 Å². The summed E-state index contributed by atoms with van der Waals surface area (Å²) in [6, 6.07) is 0. The van der Waals surface area contributed by atoms with Gasteiger partial charge in [0.25, 0.3) is 6.10 Å². The summed E-state index contributed by atoms with van der Waals surface area (Å²) in [4.78, 5) is 12.3. The van der Waals surface area contributed by atoms with E-state index >= 15 is 0 Å². The van der Waals surface area contributed by atoms with Gasteiger partial charge in [0.15, 0.2) is 0 Å². The summed E-state index contributed by atoms with van der Waals surface area (Å²) in [6.07, 6.45) is -14.5. The minimum Gasteiger partial charge on any atom is -0.442 e. The van der Waals surface area contributed by atoms with Gasteiger partial charge in [-0.05, 0) is 30.1 Å². The normalized spacial score (nSPS) is 25.2. The zero-order chi connectivity index (χ0) is 18.5. The maximum atomic E-state index is 12.6. The van der Waals surface area contributed by atoms with E-state index < -0.39 is 40.7 Å². The molecule has 1 fully saturated rings. The molecule has 1 saturated carbocycles. The lowest BCUT2D eigenvalue weighted by molar-refractivity contribution is -0.319. The van der Waals surface area contributed by atoms with Gasteiger partial charge in [0.1, 0.15) is 0 Å². The fraction of sp³-hybridized carbons (Fsp3) is 0.933. The summed E-state index contributed by atoms with van der Waals surface area (Å²) in [5, 5.41) is 0. The molecule has 0 aliphatic heterocycles. The first-order valence-corrected chi connectivity index (χ1v) is 7.27. The van der Waals surface area contributed by atoms with Crippen molar-refractivity contribution >= 4 is 5.97 Å². The summed E-state index contributed by atoms with van der Waals surface area (Å²) in [5.74, 6) is -1.41. The number of rotatable bonds is 3.